The molecule has 0 aliphatic heterocycles. The second-order valence-corrected chi connectivity index (χ2v) is 5.91. The van der Waals surface area contributed by atoms with Crippen LogP contribution in [0.2, 0.25) is 0 Å². The van der Waals surface area contributed by atoms with Gasteiger partial charge in [0.15, 0.2) is 0 Å². The average molecular weight is 239 g/mol. The van der Waals surface area contributed by atoms with Gasteiger partial charge in [-0.3, -0.25) is 4.68 Å². The third-order valence-corrected chi connectivity index (χ3v) is 2.41. The molecule has 0 bridgehead atoms. The van der Waals surface area contributed by atoms with Crippen LogP contribution < -0.4 is 0 Å². The topological polar surface area (TPSA) is 39.9 Å². The van der Waals surface area contributed by atoms with Crippen LogP contribution in [-0.2, 0) is 17.9 Å². The van der Waals surface area contributed by atoms with E-state index in [2.05, 4.69) is 24.2 Å². The molecule has 1 heterocycles. The number of aromatic nitrogens is 3. The summed E-state index contributed by atoms with van der Waals surface area (Å²) in [6.07, 6.45) is 4.36. The van der Waals surface area contributed by atoms with Crippen LogP contribution in [0.1, 0.15) is 53.2 Å². The van der Waals surface area contributed by atoms with Crippen molar-refractivity contribution < 1.29 is 4.74 Å². The lowest BCUT2D eigenvalue weighted by Gasteiger charge is -2.18. The highest BCUT2D eigenvalue weighted by Crippen LogP contribution is 2.10. The zero-order valence-electron chi connectivity index (χ0n) is 11.7. The van der Waals surface area contributed by atoms with Gasteiger partial charge in [0, 0.05) is 6.54 Å². The van der Waals surface area contributed by atoms with E-state index in [0.717, 1.165) is 24.6 Å². The van der Waals surface area contributed by atoms with Gasteiger partial charge in [0.05, 0.1) is 18.4 Å². The van der Waals surface area contributed by atoms with Crippen molar-refractivity contribution in [1.82, 2.24) is 15.0 Å². The predicted molar refractivity (Wildman–Crippen MR) is 68.6 cm³/mol. The summed E-state index contributed by atoms with van der Waals surface area (Å²) in [5, 5.41) is 8.21. The van der Waals surface area contributed by atoms with Gasteiger partial charge in [0.1, 0.15) is 5.69 Å². The van der Waals surface area contributed by atoms with E-state index in [-0.39, 0.29) is 5.60 Å². The standard InChI is InChI=1S/C13H25N3O/c1-11(2)7-6-8-16-9-12(14-15-16)10-17-13(3,4)5/h9,11H,6-8,10H2,1-5H3. The molecule has 4 heteroatoms. The first-order chi connectivity index (χ1) is 7.87. The van der Waals surface area contributed by atoms with Gasteiger partial charge < -0.3 is 4.74 Å². The fraction of sp³-hybridized carbons (Fsp3) is 0.846. The number of hydrogen-bond donors (Lipinski definition) is 0. The lowest BCUT2D eigenvalue weighted by molar-refractivity contribution is -0.0165. The Morgan fingerprint density at radius 2 is 2.06 bits per heavy atom. The fourth-order valence-electron chi connectivity index (χ4n) is 1.47. The van der Waals surface area contributed by atoms with E-state index in [1.165, 1.54) is 6.42 Å². The Kier molecular flexibility index (Phi) is 5.12. The minimum atomic E-state index is -0.124. The first-order valence-corrected chi connectivity index (χ1v) is 6.40. The molecule has 0 spiro atoms. The van der Waals surface area contributed by atoms with Gasteiger partial charge in [-0.2, -0.15) is 0 Å². The molecule has 0 atom stereocenters. The molecule has 0 unspecified atom stereocenters. The van der Waals surface area contributed by atoms with E-state index in [0.29, 0.717) is 6.61 Å². The van der Waals surface area contributed by atoms with Crippen molar-refractivity contribution in [2.24, 2.45) is 5.92 Å². The van der Waals surface area contributed by atoms with Gasteiger partial charge >= 0.3 is 0 Å². The normalized spacial score (nSPS) is 12.4. The highest BCUT2D eigenvalue weighted by molar-refractivity contribution is 4.90. The van der Waals surface area contributed by atoms with E-state index in [9.17, 15) is 0 Å². The number of hydrogen-bond acceptors (Lipinski definition) is 3. The number of rotatable bonds is 6. The van der Waals surface area contributed by atoms with Crippen molar-refractivity contribution >= 4 is 0 Å². The van der Waals surface area contributed by atoms with E-state index < -0.39 is 0 Å². The lowest BCUT2D eigenvalue weighted by atomic mass is 10.1. The van der Waals surface area contributed by atoms with Crippen molar-refractivity contribution in [2.75, 3.05) is 0 Å². The maximum atomic E-state index is 5.66. The van der Waals surface area contributed by atoms with Crippen LogP contribution in [-0.4, -0.2) is 20.6 Å². The SMILES string of the molecule is CC(C)CCCn1cc(COC(C)(C)C)nn1. The number of ether oxygens (including phenoxy) is 1. The van der Waals surface area contributed by atoms with Crippen LogP contribution in [0.5, 0.6) is 0 Å². The Morgan fingerprint density at radius 1 is 1.35 bits per heavy atom. The molecule has 0 aromatic carbocycles. The molecule has 0 amide bonds. The summed E-state index contributed by atoms with van der Waals surface area (Å²) >= 11 is 0. The van der Waals surface area contributed by atoms with Crippen molar-refractivity contribution in [3.63, 3.8) is 0 Å². The van der Waals surface area contributed by atoms with Crippen LogP contribution in [0.4, 0.5) is 0 Å². The number of nitrogens with zero attached hydrogens (tertiary/aromatic N) is 3. The summed E-state index contributed by atoms with van der Waals surface area (Å²) in [5.74, 6) is 0.752. The van der Waals surface area contributed by atoms with Crippen LogP contribution in [0.25, 0.3) is 0 Å². The van der Waals surface area contributed by atoms with Crippen LogP contribution in [0, 0.1) is 5.92 Å². The van der Waals surface area contributed by atoms with Crippen LogP contribution in [0.3, 0.4) is 0 Å². The minimum Gasteiger partial charge on any atom is -0.369 e. The molecule has 0 N–H and O–H groups in total. The Balaban J connectivity index is 2.32. The summed E-state index contributed by atoms with van der Waals surface area (Å²) in [4.78, 5) is 0. The Hall–Kier alpha value is -0.900. The molecule has 0 saturated carbocycles. The van der Waals surface area contributed by atoms with E-state index >= 15 is 0 Å². The smallest absolute Gasteiger partial charge is 0.108 e. The molecular weight excluding hydrogens is 214 g/mol. The maximum absolute atomic E-state index is 5.66. The summed E-state index contributed by atoms with van der Waals surface area (Å²) in [6.45, 7) is 12.1. The van der Waals surface area contributed by atoms with Crippen molar-refractivity contribution in [2.45, 2.75) is 66.2 Å². The Morgan fingerprint density at radius 3 is 2.65 bits per heavy atom. The Bertz CT molecular complexity index is 326. The third-order valence-electron chi connectivity index (χ3n) is 2.41. The predicted octanol–water partition coefficient (Wildman–Crippen LogP) is 3.03. The lowest BCUT2D eigenvalue weighted by Crippen LogP contribution is -2.18. The van der Waals surface area contributed by atoms with E-state index in [1.54, 1.807) is 0 Å². The first kappa shape index (κ1) is 14.2. The van der Waals surface area contributed by atoms with Crippen LogP contribution >= 0.6 is 0 Å². The molecule has 1 aromatic rings. The molecule has 0 aliphatic carbocycles. The quantitative estimate of drug-likeness (QED) is 0.766. The zero-order chi connectivity index (χ0) is 12.9. The van der Waals surface area contributed by atoms with E-state index in [1.807, 2.05) is 31.6 Å². The zero-order valence-corrected chi connectivity index (χ0v) is 11.7. The molecule has 0 saturated heterocycles. The van der Waals surface area contributed by atoms with Crippen molar-refractivity contribution in [3.8, 4) is 0 Å². The first-order valence-electron chi connectivity index (χ1n) is 6.40. The average Bonchev–Trinajstić information content (AvgIpc) is 2.61. The van der Waals surface area contributed by atoms with Crippen LogP contribution in [0.15, 0.2) is 6.20 Å². The summed E-state index contributed by atoms with van der Waals surface area (Å²) in [5.41, 5.74) is 0.783. The maximum Gasteiger partial charge on any atom is 0.108 e. The second kappa shape index (κ2) is 6.15. The molecule has 1 rings (SSSR count). The molecule has 98 valence electrons. The molecule has 0 fully saturated rings. The monoisotopic (exact) mass is 239 g/mol. The fourth-order valence-corrected chi connectivity index (χ4v) is 1.47. The Labute approximate surface area is 104 Å². The van der Waals surface area contributed by atoms with E-state index in [4.69, 9.17) is 4.74 Å². The molecule has 4 nitrogen and oxygen atoms in total. The molecule has 17 heavy (non-hydrogen) atoms. The molecule has 0 aliphatic rings. The summed E-state index contributed by atoms with van der Waals surface area (Å²) in [7, 11) is 0. The highest BCUT2D eigenvalue weighted by atomic mass is 16.5. The van der Waals surface area contributed by atoms with Gasteiger partial charge in [-0.25, -0.2) is 0 Å². The largest absolute Gasteiger partial charge is 0.369 e. The minimum absolute atomic E-state index is 0.124. The molecule has 0 radical (unpaired) electrons. The van der Waals surface area contributed by atoms with Gasteiger partial charge in [0.25, 0.3) is 0 Å². The third kappa shape index (κ3) is 6.41. The second-order valence-electron chi connectivity index (χ2n) is 5.91. The summed E-state index contributed by atoms with van der Waals surface area (Å²) < 4.78 is 7.56. The van der Waals surface area contributed by atoms with Gasteiger partial charge in [0.2, 0.25) is 0 Å². The molecule has 1 aromatic heterocycles. The summed E-state index contributed by atoms with van der Waals surface area (Å²) in [6, 6.07) is 0. The van der Waals surface area contributed by atoms with Crippen molar-refractivity contribution in [1.29, 1.82) is 0 Å². The molecular formula is C13H25N3O. The van der Waals surface area contributed by atoms with Crippen molar-refractivity contribution in [3.05, 3.63) is 11.9 Å². The number of aryl methyl sites for hydroxylation is 1. The van der Waals surface area contributed by atoms with Gasteiger partial charge in [-0.05, 0) is 39.5 Å². The van der Waals surface area contributed by atoms with Gasteiger partial charge in [-0.1, -0.05) is 19.1 Å². The van der Waals surface area contributed by atoms with Gasteiger partial charge in [-0.15, -0.1) is 5.10 Å². The highest BCUT2D eigenvalue weighted by Gasteiger charge is 2.11.